The first-order valence-electron chi connectivity index (χ1n) is 5.63. The molecule has 96 valence electrons. The smallest absolute Gasteiger partial charge is 0.208 e. The van der Waals surface area contributed by atoms with Gasteiger partial charge in [0.1, 0.15) is 10.6 Å². The molecule has 0 radical (unpaired) electrons. The van der Waals surface area contributed by atoms with Crippen LogP contribution < -0.4 is 4.74 Å². The number of carbonyl (C=O) groups excluding carboxylic acids is 1. The zero-order valence-corrected chi connectivity index (χ0v) is 11.6. The number of thiophene rings is 1. The molecule has 0 atom stereocenters. The molecule has 19 heavy (non-hydrogen) atoms. The number of hydrogen-bond acceptors (Lipinski definition) is 3. The second kappa shape index (κ2) is 4.72. The van der Waals surface area contributed by atoms with Crippen molar-refractivity contribution in [3.05, 3.63) is 51.3 Å². The van der Waals surface area contributed by atoms with Crippen LogP contribution in [0.3, 0.4) is 0 Å². The molecule has 0 fully saturated rings. The fourth-order valence-corrected chi connectivity index (χ4v) is 3.02. The maximum atomic E-state index is 12.5. The van der Waals surface area contributed by atoms with Gasteiger partial charge in [0.25, 0.3) is 0 Å². The lowest BCUT2D eigenvalue weighted by Crippen LogP contribution is -1.99. The molecule has 0 aliphatic rings. The highest BCUT2D eigenvalue weighted by Gasteiger charge is 2.19. The number of carbonyl (C=O) groups is 1. The van der Waals surface area contributed by atoms with Crippen molar-refractivity contribution in [2.45, 2.75) is 0 Å². The number of halogens is 1. The number of rotatable bonds is 3. The summed E-state index contributed by atoms with van der Waals surface area (Å²) in [5, 5.41) is 3.35. The topological polar surface area (TPSA) is 42.1 Å². The van der Waals surface area contributed by atoms with E-state index in [0.717, 1.165) is 10.9 Å². The molecular formula is C14H10ClNO2S. The third kappa shape index (κ3) is 2.03. The molecular weight excluding hydrogens is 282 g/mol. The van der Waals surface area contributed by atoms with Gasteiger partial charge in [-0.2, -0.15) is 0 Å². The van der Waals surface area contributed by atoms with Gasteiger partial charge in [-0.05, 0) is 23.6 Å². The molecule has 0 aliphatic carbocycles. The lowest BCUT2D eigenvalue weighted by atomic mass is 10.1. The highest BCUT2D eigenvalue weighted by molar-refractivity contribution is 7.12. The summed E-state index contributed by atoms with van der Waals surface area (Å²) in [6, 6.07) is 7.23. The number of nitrogens with one attached hydrogen (secondary N) is 1. The Balaban J connectivity index is 2.12. The highest BCUT2D eigenvalue weighted by atomic mass is 35.5. The van der Waals surface area contributed by atoms with Crippen molar-refractivity contribution >= 4 is 39.6 Å². The fourth-order valence-electron chi connectivity index (χ4n) is 2.03. The molecule has 3 aromatic rings. The Morgan fingerprint density at radius 3 is 3.00 bits per heavy atom. The van der Waals surface area contributed by atoms with Crippen LogP contribution in [0.15, 0.2) is 35.8 Å². The van der Waals surface area contributed by atoms with Crippen LogP contribution in [-0.2, 0) is 0 Å². The number of H-pyrrole nitrogens is 1. The maximum absolute atomic E-state index is 12.5. The van der Waals surface area contributed by atoms with E-state index < -0.39 is 0 Å². The predicted octanol–water partition coefficient (Wildman–Crippen LogP) is 4.12. The normalized spacial score (nSPS) is 10.8. The summed E-state index contributed by atoms with van der Waals surface area (Å²) in [4.78, 5) is 16.2. The van der Waals surface area contributed by atoms with Crippen LogP contribution in [0.5, 0.6) is 5.75 Å². The first-order valence-corrected chi connectivity index (χ1v) is 6.89. The zero-order chi connectivity index (χ0) is 13.4. The molecule has 0 spiro atoms. The summed E-state index contributed by atoms with van der Waals surface area (Å²) in [6.07, 6.45) is 1.71. The minimum absolute atomic E-state index is 0.0413. The molecule has 5 heteroatoms. The molecule has 0 amide bonds. The molecule has 3 nitrogen and oxygen atoms in total. The van der Waals surface area contributed by atoms with E-state index in [0.29, 0.717) is 21.2 Å². The van der Waals surface area contributed by atoms with E-state index in [2.05, 4.69) is 4.98 Å². The number of fused-ring (bicyclic) bond motifs is 1. The molecule has 2 heterocycles. The van der Waals surface area contributed by atoms with Crippen LogP contribution >= 0.6 is 22.9 Å². The summed E-state index contributed by atoms with van der Waals surface area (Å²) in [6.45, 7) is 0. The average molecular weight is 292 g/mol. The number of ether oxygens (including phenoxy) is 1. The largest absolute Gasteiger partial charge is 0.495 e. The maximum Gasteiger partial charge on any atom is 0.208 e. The van der Waals surface area contributed by atoms with Crippen molar-refractivity contribution in [3.63, 3.8) is 0 Å². The molecule has 0 aliphatic heterocycles. The van der Waals surface area contributed by atoms with E-state index in [1.165, 1.54) is 11.3 Å². The van der Waals surface area contributed by atoms with Crippen molar-refractivity contribution in [2.24, 2.45) is 0 Å². The van der Waals surface area contributed by atoms with E-state index >= 15 is 0 Å². The quantitative estimate of drug-likeness (QED) is 0.738. The summed E-state index contributed by atoms with van der Waals surface area (Å²) in [5.41, 5.74) is 1.48. The fraction of sp³-hybridized carbons (Fsp3) is 0.0714. The summed E-state index contributed by atoms with van der Waals surface area (Å²) in [5.74, 6) is 0.568. The van der Waals surface area contributed by atoms with Gasteiger partial charge >= 0.3 is 0 Å². The van der Waals surface area contributed by atoms with E-state index in [4.69, 9.17) is 16.3 Å². The van der Waals surface area contributed by atoms with E-state index in [1.807, 2.05) is 11.4 Å². The van der Waals surface area contributed by atoms with Crippen molar-refractivity contribution in [1.29, 1.82) is 0 Å². The van der Waals surface area contributed by atoms with E-state index in [9.17, 15) is 4.79 Å². The predicted molar refractivity (Wildman–Crippen MR) is 77.6 cm³/mol. The molecule has 1 aromatic carbocycles. The van der Waals surface area contributed by atoms with Gasteiger partial charge in [-0.3, -0.25) is 4.79 Å². The second-order valence-electron chi connectivity index (χ2n) is 4.04. The lowest BCUT2D eigenvalue weighted by Gasteiger charge is -2.01. The Bertz CT molecular complexity index is 760. The van der Waals surface area contributed by atoms with Gasteiger partial charge < -0.3 is 9.72 Å². The molecule has 0 unspecified atom stereocenters. The standard InChI is InChI=1S/C14H10ClNO2S/c1-18-12-4-5-19-14(12)13(17)10-7-16-11-6-8(15)2-3-9(10)11/h2-7,16H,1H3. The van der Waals surface area contributed by atoms with Gasteiger partial charge in [0.15, 0.2) is 0 Å². The summed E-state index contributed by atoms with van der Waals surface area (Å²) < 4.78 is 5.19. The first-order chi connectivity index (χ1) is 9.20. The number of aromatic nitrogens is 1. The van der Waals surface area contributed by atoms with Gasteiger partial charge in [0.05, 0.1) is 7.11 Å². The highest BCUT2D eigenvalue weighted by Crippen LogP contribution is 2.30. The number of hydrogen-bond donors (Lipinski definition) is 1. The van der Waals surface area contributed by atoms with Crippen LogP contribution in [0.4, 0.5) is 0 Å². The Kier molecular flexibility index (Phi) is 3.05. The number of ketones is 1. The minimum Gasteiger partial charge on any atom is -0.495 e. The van der Waals surface area contributed by atoms with Gasteiger partial charge in [-0.25, -0.2) is 0 Å². The van der Waals surface area contributed by atoms with Crippen molar-refractivity contribution in [3.8, 4) is 5.75 Å². The SMILES string of the molecule is COc1ccsc1C(=O)c1c[nH]c2cc(Cl)ccc12. The van der Waals surface area contributed by atoms with Crippen LogP contribution in [0.2, 0.25) is 5.02 Å². The van der Waals surface area contributed by atoms with Gasteiger partial charge in [0.2, 0.25) is 5.78 Å². The van der Waals surface area contributed by atoms with Gasteiger partial charge in [-0.1, -0.05) is 17.7 Å². The van der Waals surface area contributed by atoms with Crippen molar-refractivity contribution in [2.75, 3.05) is 7.11 Å². The van der Waals surface area contributed by atoms with Crippen LogP contribution in [0.25, 0.3) is 10.9 Å². The molecule has 2 aromatic heterocycles. The van der Waals surface area contributed by atoms with Crippen LogP contribution in [-0.4, -0.2) is 17.9 Å². The Labute approximate surface area is 118 Å². The van der Waals surface area contributed by atoms with E-state index in [-0.39, 0.29) is 5.78 Å². The van der Waals surface area contributed by atoms with Gasteiger partial charge in [0, 0.05) is 27.7 Å². The van der Waals surface area contributed by atoms with Crippen molar-refractivity contribution in [1.82, 2.24) is 4.98 Å². The molecule has 0 bridgehead atoms. The Morgan fingerprint density at radius 2 is 2.21 bits per heavy atom. The van der Waals surface area contributed by atoms with Crippen molar-refractivity contribution < 1.29 is 9.53 Å². The average Bonchev–Trinajstić information content (AvgIpc) is 3.03. The Hall–Kier alpha value is -1.78. The monoisotopic (exact) mass is 291 g/mol. The second-order valence-corrected chi connectivity index (χ2v) is 5.39. The lowest BCUT2D eigenvalue weighted by molar-refractivity contribution is 0.104. The molecule has 1 N–H and O–H groups in total. The van der Waals surface area contributed by atoms with Crippen LogP contribution in [0.1, 0.15) is 15.2 Å². The third-order valence-electron chi connectivity index (χ3n) is 2.94. The minimum atomic E-state index is -0.0413. The summed E-state index contributed by atoms with van der Waals surface area (Å²) >= 11 is 7.31. The van der Waals surface area contributed by atoms with Crippen LogP contribution in [0, 0.1) is 0 Å². The number of aromatic amines is 1. The molecule has 3 rings (SSSR count). The summed E-state index contributed by atoms with van der Waals surface area (Å²) in [7, 11) is 1.56. The Morgan fingerprint density at radius 1 is 1.37 bits per heavy atom. The van der Waals surface area contributed by atoms with Gasteiger partial charge in [-0.15, -0.1) is 11.3 Å². The van der Waals surface area contributed by atoms with E-state index in [1.54, 1.807) is 31.5 Å². The molecule has 0 saturated carbocycles. The number of benzene rings is 1. The zero-order valence-electron chi connectivity index (χ0n) is 10.1. The number of methoxy groups -OCH3 is 1. The first kappa shape index (κ1) is 12.3. The molecule has 0 saturated heterocycles. The third-order valence-corrected chi connectivity index (χ3v) is 4.07.